The van der Waals surface area contributed by atoms with Crippen molar-refractivity contribution in [2.24, 2.45) is 4.99 Å². The van der Waals surface area contributed by atoms with Gasteiger partial charge in [0.1, 0.15) is 22.7 Å². The van der Waals surface area contributed by atoms with Crippen LogP contribution in [0, 0.1) is 0 Å². The second kappa shape index (κ2) is 6.32. The molecule has 0 fully saturated rings. The predicted molar refractivity (Wildman–Crippen MR) is 100 cm³/mol. The van der Waals surface area contributed by atoms with Gasteiger partial charge in [-0.1, -0.05) is 18.2 Å². The van der Waals surface area contributed by atoms with Crippen LogP contribution >= 0.6 is 0 Å². The fourth-order valence-corrected chi connectivity index (χ4v) is 2.83. The fourth-order valence-electron chi connectivity index (χ4n) is 2.83. The molecule has 1 heterocycles. The minimum absolute atomic E-state index is 0.143. The first kappa shape index (κ1) is 15.3. The first-order chi connectivity index (χ1) is 12.2. The number of para-hydroxylation sites is 1. The molecule has 0 saturated carbocycles. The quantitative estimate of drug-likeness (QED) is 0.507. The molecule has 0 aliphatic rings. The smallest absolute Gasteiger partial charge is 0.135 e. The molecule has 0 radical (unpaired) electrons. The summed E-state index contributed by atoms with van der Waals surface area (Å²) in [6.07, 6.45) is 1.65. The number of nitrogens with zero attached hydrogens (tertiary/aromatic N) is 1. The van der Waals surface area contributed by atoms with E-state index in [-0.39, 0.29) is 5.75 Å². The van der Waals surface area contributed by atoms with Crippen LogP contribution in [-0.4, -0.2) is 17.9 Å². The molecule has 1 aromatic heterocycles. The van der Waals surface area contributed by atoms with Crippen molar-refractivity contribution in [2.45, 2.75) is 6.92 Å². The molecule has 3 aromatic carbocycles. The van der Waals surface area contributed by atoms with E-state index in [0.717, 1.165) is 27.6 Å². The van der Waals surface area contributed by atoms with E-state index in [9.17, 15) is 5.11 Å². The van der Waals surface area contributed by atoms with Crippen LogP contribution in [0.5, 0.6) is 11.5 Å². The summed E-state index contributed by atoms with van der Waals surface area (Å²) in [7, 11) is 0. The summed E-state index contributed by atoms with van der Waals surface area (Å²) in [5, 5.41) is 12.2. The summed E-state index contributed by atoms with van der Waals surface area (Å²) in [5.41, 5.74) is 3.14. The minimum Gasteiger partial charge on any atom is -0.507 e. The molecule has 0 spiro atoms. The Labute approximate surface area is 145 Å². The van der Waals surface area contributed by atoms with Crippen LogP contribution < -0.4 is 4.74 Å². The highest BCUT2D eigenvalue weighted by Gasteiger charge is 2.06. The van der Waals surface area contributed by atoms with Gasteiger partial charge < -0.3 is 14.3 Å². The zero-order valence-corrected chi connectivity index (χ0v) is 13.8. The molecule has 1 N–H and O–H groups in total. The third-order valence-corrected chi connectivity index (χ3v) is 4.03. The molecule has 4 rings (SSSR count). The highest BCUT2D eigenvalue weighted by Crippen LogP contribution is 2.31. The first-order valence-electron chi connectivity index (χ1n) is 8.16. The summed E-state index contributed by atoms with van der Waals surface area (Å²) in [4.78, 5) is 4.48. The molecule has 4 heteroatoms. The molecule has 0 aliphatic carbocycles. The van der Waals surface area contributed by atoms with E-state index in [2.05, 4.69) is 4.99 Å². The normalized spacial score (nSPS) is 11.6. The van der Waals surface area contributed by atoms with Crippen molar-refractivity contribution in [3.8, 4) is 11.5 Å². The van der Waals surface area contributed by atoms with Crippen molar-refractivity contribution in [2.75, 3.05) is 6.61 Å². The van der Waals surface area contributed by atoms with Crippen molar-refractivity contribution in [3.05, 3.63) is 66.2 Å². The van der Waals surface area contributed by atoms with Gasteiger partial charge in [-0.05, 0) is 43.3 Å². The van der Waals surface area contributed by atoms with Crippen LogP contribution in [-0.2, 0) is 0 Å². The Morgan fingerprint density at radius 1 is 1.00 bits per heavy atom. The second-order valence-corrected chi connectivity index (χ2v) is 5.69. The number of aliphatic imine (C=N–C) groups is 1. The topological polar surface area (TPSA) is 55.0 Å². The maximum absolute atomic E-state index is 10.1. The lowest BCUT2D eigenvalue weighted by Gasteiger charge is -2.04. The van der Waals surface area contributed by atoms with Gasteiger partial charge in [-0.25, -0.2) is 0 Å². The van der Waals surface area contributed by atoms with Gasteiger partial charge in [0.25, 0.3) is 0 Å². The molecule has 4 aromatic rings. The summed E-state index contributed by atoms with van der Waals surface area (Å²) >= 11 is 0. The van der Waals surface area contributed by atoms with E-state index in [1.807, 2.05) is 55.5 Å². The van der Waals surface area contributed by atoms with Crippen molar-refractivity contribution in [1.29, 1.82) is 0 Å². The van der Waals surface area contributed by atoms with Crippen LogP contribution in [0.4, 0.5) is 5.69 Å². The number of phenols is 1. The van der Waals surface area contributed by atoms with Crippen LogP contribution in [0.3, 0.4) is 0 Å². The Kier molecular flexibility index (Phi) is 3.86. The van der Waals surface area contributed by atoms with Gasteiger partial charge in [0.05, 0.1) is 12.3 Å². The highest BCUT2D eigenvalue weighted by atomic mass is 16.5. The van der Waals surface area contributed by atoms with Crippen LogP contribution in [0.25, 0.3) is 21.9 Å². The summed E-state index contributed by atoms with van der Waals surface area (Å²) in [6, 6.07) is 18.9. The van der Waals surface area contributed by atoms with Gasteiger partial charge in [-0.3, -0.25) is 4.99 Å². The summed E-state index contributed by atoms with van der Waals surface area (Å²) in [5.74, 6) is 0.785. The van der Waals surface area contributed by atoms with Crippen LogP contribution in [0.1, 0.15) is 12.5 Å². The largest absolute Gasteiger partial charge is 0.507 e. The van der Waals surface area contributed by atoms with Crippen LogP contribution in [0.2, 0.25) is 0 Å². The number of rotatable bonds is 4. The Hall–Kier alpha value is -3.27. The summed E-state index contributed by atoms with van der Waals surface area (Å²) < 4.78 is 11.2. The van der Waals surface area contributed by atoms with E-state index >= 15 is 0 Å². The molecular weight excluding hydrogens is 314 g/mol. The van der Waals surface area contributed by atoms with E-state index in [4.69, 9.17) is 9.15 Å². The molecule has 124 valence electrons. The molecule has 0 amide bonds. The average molecular weight is 331 g/mol. The molecule has 0 unspecified atom stereocenters. The van der Waals surface area contributed by atoms with Gasteiger partial charge >= 0.3 is 0 Å². The number of ether oxygens (including phenoxy) is 1. The molecular formula is C21H17NO3. The lowest BCUT2D eigenvalue weighted by atomic mass is 10.1. The lowest BCUT2D eigenvalue weighted by Crippen LogP contribution is -1.92. The number of fused-ring (bicyclic) bond motifs is 3. The maximum Gasteiger partial charge on any atom is 0.135 e. The predicted octanol–water partition coefficient (Wildman–Crippen LogP) is 5.44. The third-order valence-electron chi connectivity index (χ3n) is 4.03. The van der Waals surface area contributed by atoms with Crippen molar-refractivity contribution in [3.63, 3.8) is 0 Å². The zero-order chi connectivity index (χ0) is 17.2. The molecule has 0 bridgehead atoms. The Bertz CT molecular complexity index is 1080. The molecule has 0 aliphatic heterocycles. The van der Waals surface area contributed by atoms with E-state index in [1.54, 1.807) is 18.3 Å². The number of furan rings is 1. The standard InChI is InChI=1S/C21H17NO3/c1-2-24-16-9-7-14(19(23)12-16)13-22-15-8-10-21-18(11-15)17-5-3-4-6-20(17)25-21/h3-13,23H,2H2,1H3. The number of aromatic hydroxyl groups is 1. The third kappa shape index (κ3) is 2.94. The zero-order valence-electron chi connectivity index (χ0n) is 13.8. The van der Waals surface area contributed by atoms with Crippen molar-refractivity contribution < 1.29 is 14.3 Å². The fraction of sp³-hybridized carbons (Fsp3) is 0.0952. The Morgan fingerprint density at radius 2 is 1.84 bits per heavy atom. The van der Waals surface area contributed by atoms with Gasteiger partial charge in [-0.15, -0.1) is 0 Å². The van der Waals surface area contributed by atoms with E-state index in [0.29, 0.717) is 17.9 Å². The number of phenolic OH excluding ortho intramolecular Hbond substituents is 1. The van der Waals surface area contributed by atoms with Crippen molar-refractivity contribution in [1.82, 2.24) is 0 Å². The Balaban J connectivity index is 1.68. The maximum atomic E-state index is 10.1. The molecule has 0 atom stereocenters. The van der Waals surface area contributed by atoms with Crippen LogP contribution in [0.15, 0.2) is 70.1 Å². The van der Waals surface area contributed by atoms with Crippen molar-refractivity contribution >= 4 is 33.8 Å². The highest BCUT2D eigenvalue weighted by molar-refractivity contribution is 6.06. The average Bonchev–Trinajstić information content (AvgIpc) is 2.99. The SMILES string of the molecule is CCOc1ccc(C=Nc2ccc3oc4ccccc4c3c2)c(O)c1. The van der Waals surface area contributed by atoms with Gasteiger partial charge in [0.15, 0.2) is 0 Å². The van der Waals surface area contributed by atoms with Gasteiger partial charge in [-0.2, -0.15) is 0 Å². The van der Waals surface area contributed by atoms with Gasteiger partial charge in [0, 0.05) is 28.6 Å². The second-order valence-electron chi connectivity index (χ2n) is 5.69. The monoisotopic (exact) mass is 331 g/mol. The van der Waals surface area contributed by atoms with Gasteiger partial charge in [0.2, 0.25) is 0 Å². The molecule has 4 nitrogen and oxygen atoms in total. The number of hydrogen-bond donors (Lipinski definition) is 1. The first-order valence-corrected chi connectivity index (χ1v) is 8.16. The van der Waals surface area contributed by atoms with E-state index in [1.165, 1.54) is 0 Å². The molecule has 25 heavy (non-hydrogen) atoms. The lowest BCUT2D eigenvalue weighted by molar-refractivity contribution is 0.337. The number of benzene rings is 3. The van der Waals surface area contributed by atoms with E-state index < -0.39 is 0 Å². The molecule has 0 saturated heterocycles. The summed E-state index contributed by atoms with van der Waals surface area (Å²) in [6.45, 7) is 2.47. The minimum atomic E-state index is 0.143. The number of hydrogen-bond acceptors (Lipinski definition) is 4. The Morgan fingerprint density at radius 3 is 2.68 bits per heavy atom.